The average molecular weight is 174 g/mol. The maximum atomic E-state index is 10.6. The highest BCUT2D eigenvalue weighted by Crippen LogP contribution is 2.15. The summed E-state index contributed by atoms with van der Waals surface area (Å²) in [6.07, 6.45) is 1.42. The van der Waals surface area contributed by atoms with E-state index >= 15 is 0 Å². The molecule has 1 rings (SSSR count). The van der Waals surface area contributed by atoms with Gasteiger partial charge in [0.2, 0.25) is 0 Å². The summed E-state index contributed by atoms with van der Waals surface area (Å²) in [5, 5.41) is 0. The van der Waals surface area contributed by atoms with Gasteiger partial charge in [0.25, 0.3) is 0 Å². The highest BCUT2D eigenvalue weighted by Gasteiger charge is 2.23. The van der Waals surface area contributed by atoms with Crippen LogP contribution < -0.4 is 11.5 Å². The first kappa shape index (κ1) is 9.44. The fourth-order valence-electron chi connectivity index (χ4n) is 1.10. The summed E-state index contributed by atoms with van der Waals surface area (Å²) < 4.78 is 9.99. The molecule has 1 aliphatic heterocycles. The van der Waals surface area contributed by atoms with Crippen molar-refractivity contribution in [2.24, 2.45) is 11.5 Å². The molecule has 1 aliphatic rings. The molecule has 0 aromatic heterocycles. The van der Waals surface area contributed by atoms with E-state index in [9.17, 15) is 4.79 Å². The summed E-state index contributed by atoms with van der Waals surface area (Å²) in [6.45, 7) is 0.183. The van der Waals surface area contributed by atoms with Gasteiger partial charge in [-0.05, 0) is 12.8 Å². The maximum Gasteiger partial charge on any atom is 0.319 e. The monoisotopic (exact) mass is 174 g/mol. The molecule has 0 saturated carbocycles. The Kier molecular flexibility index (Phi) is 3.46. The SMILES string of the molecule is NCC(=O)OCC1CCC(N)O1. The van der Waals surface area contributed by atoms with Crippen molar-refractivity contribution >= 4 is 5.97 Å². The minimum absolute atomic E-state index is 0.0458. The lowest BCUT2D eigenvalue weighted by Crippen LogP contribution is -2.25. The van der Waals surface area contributed by atoms with Crippen LogP contribution in [0, 0.1) is 0 Å². The highest BCUT2D eigenvalue weighted by atomic mass is 16.6. The first-order valence-electron chi connectivity index (χ1n) is 3.99. The molecule has 4 N–H and O–H groups in total. The summed E-state index contributed by atoms with van der Waals surface area (Å²) in [5.41, 5.74) is 10.5. The van der Waals surface area contributed by atoms with Crippen LogP contribution in [0.25, 0.3) is 0 Å². The number of nitrogens with two attached hydrogens (primary N) is 2. The molecule has 70 valence electrons. The lowest BCUT2D eigenvalue weighted by Gasteiger charge is -2.10. The molecule has 0 aliphatic carbocycles. The Labute approximate surface area is 71.0 Å². The van der Waals surface area contributed by atoms with Crippen LogP contribution >= 0.6 is 0 Å². The molecule has 0 amide bonds. The normalized spacial score (nSPS) is 28.8. The lowest BCUT2D eigenvalue weighted by atomic mass is 10.2. The van der Waals surface area contributed by atoms with Crippen molar-refractivity contribution in [2.75, 3.05) is 13.2 Å². The topological polar surface area (TPSA) is 87.6 Å². The second kappa shape index (κ2) is 4.39. The number of hydrogen-bond acceptors (Lipinski definition) is 5. The van der Waals surface area contributed by atoms with Crippen LogP contribution in [0.4, 0.5) is 0 Å². The smallest absolute Gasteiger partial charge is 0.319 e. The molecule has 0 aromatic carbocycles. The summed E-state index contributed by atoms with van der Waals surface area (Å²) >= 11 is 0. The molecule has 2 atom stereocenters. The second-order valence-electron chi connectivity index (χ2n) is 2.76. The molecule has 2 unspecified atom stereocenters. The van der Waals surface area contributed by atoms with Gasteiger partial charge in [0, 0.05) is 0 Å². The third kappa shape index (κ3) is 2.77. The van der Waals surface area contributed by atoms with Gasteiger partial charge in [0.05, 0.1) is 12.6 Å². The Morgan fingerprint density at radius 2 is 2.33 bits per heavy atom. The molecule has 12 heavy (non-hydrogen) atoms. The van der Waals surface area contributed by atoms with Crippen molar-refractivity contribution in [3.05, 3.63) is 0 Å². The molecule has 0 aromatic rings. The summed E-state index contributed by atoms with van der Waals surface area (Å²) in [5.74, 6) is -0.404. The first-order valence-corrected chi connectivity index (χ1v) is 3.99. The van der Waals surface area contributed by atoms with E-state index in [1.807, 2.05) is 0 Å². The minimum Gasteiger partial charge on any atom is -0.462 e. The molecule has 1 heterocycles. The quantitative estimate of drug-likeness (QED) is 0.533. The number of ether oxygens (including phenoxy) is 2. The molecule has 0 radical (unpaired) electrons. The van der Waals surface area contributed by atoms with Crippen LogP contribution in [0.3, 0.4) is 0 Å². The average Bonchev–Trinajstić information content (AvgIpc) is 2.47. The van der Waals surface area contributed by atoms with Crippen LogP contribution in [0.15, 0.2) is 0 Å². The van der Waals surface area contributed by atoms with Crippen molar-refractivity contribution in [2.45, 2.75) is 25.2 Å². The van der Waals surface area contributed by atoms with Gasteiger partial charge in [-0.3, -0.25) is 4.79 Å². The van der Waals surface area contributed by atoms with Gasteiger partial charge in [-0.15, -0.1) is 0 Å². The summed E-state index contributed by atoms with van der Waals surface area (Å²) in [4.78, 5) is 10.6. The molecule has 1 saturated heterocycles. The third-order valence-electron chi connectivity index (χ3n) is 1.74. The highest BCUT2D eigenvalue weighted by molar-refractivity contribution is 5.71. The number of esters is 1. The van der Waals surface area contributed by atoms with Crippen LogP contribution in [-0.4, -0.2) is 31.5 Å². The fourth-order valence-corrected chi connectivity index (χ4v) is 1.10. The zero-order chi connectivity index (χ0) is 8.97. The van der Waals surface area contributed by atoms with Crippen molar-refractivity contribution in [3.63, 3.8) is 0 Å². The standard InChI is InChI=1S/C7H14N2O3/c8-3-7(10)11-4-5-1-2-6(9)12-5/h5-6H,1-4,8-9H2. The Morgan fingerprint density at radius 1 is 1.58 bits per heavy atom. The van der Waals surface area contributed by atoms with Crippen molar-refractivity contribution < 1.29 is 14.3 Å². The van der Waals surface area contributed by atoms with Gasteiger partial charge in [0.15, 0.2) is 0 Å². The minimum atomic E-state index is -0.404. The lowest BCUT2D eigenvalue weighted by molar-refractivity contribution is -0.145. The Bertz CT molecular complexity index is 163. The van der Waals surface area contributed by atoms with Crippen molar-refractivity contribution in [1.29, 1.82) is 0 Å². The van der Waals surface area contributed by atoms with Gasteiger partial charge in [0.1, 0.15) is 12.8 Å². The number of hydrogen-bond donors (Lipinski definition) is 2. The predicted octanol–water partition coefficient (Wildman–Crippen LogP) is -1.05. The van der Waals surface area contributed by atoms with Gasteiger partial charge < -0.3 is 20.9 Å². The zero-order valence-corrected chi connectivity index (χ0v) is 6.86. The van der Waals surface area contributed by atoms with E-state index in [4.69, 9.17) is 20.9 Å². The third-order valence-corrected chi connectivity index (χ3v) is 1.74. The van der Waals surface area contributed by atoms with E-state index in [-0.39, 0.29) is 25.5 Å². The molecule has 5 nitrogen and oxygen atoms in total. The zero-order valence-electron chi connectivity index (χ0n) is 6.86. The largest absolute Gasteiger partial charge is 0.462 e. The summed E-state index contributed by atoms with van der Waals surface area (Å²) in [7, 11) is 0. The van der Waals surface area contributed by atoms with Crippen LogP contribution in [0.1, 0.15) is 12.8 Å². The number of carbonyl (C=O) groups excluding carboxylic acids is 1. The molecule has 0 spiro atoms. The van der Waals surface area contributed by atoms with Gasteiger partial charge in [-0.25, -0.2) is 0 Å². The van der Waals surface area contributed by atoms with Gasteiger partial charge in [-0.1, -0.05) is 0 Å². The van der Waals surface area contributed by atoms with Gasteiger partial charge >= 0.3 is 5.97 Å². The Balaban J connectivity index is 2.11. The fraction of sp³-hybridized carbons (Fsp3) is 0.857. The molecule has 0 bridgehead atoms. The molecular weight excluding hydrogens is 160 g/mol. The first-order chi connectivity index (χ1) is 5.72. The predicted molar refractivity (Wildman–Crippen MR) is 42.1 cm³/mol. The number of carbonyl (C=O) groups is 1. The Morgan fingerprint density at radius 3 is 2.83 bits per heavy atom. The van der Waals surface area contributed by atoms with E-state index in [0.29, 0.717) is 0 Å². The van der Waals surface area contributed by atoms with Crippen molar-refractivity contribution in [3.8, 4) is 0 Å². The van der Waals surface area contributed by atoms with Gasteiger partial charge in [-0.2, -0.15) is 0 Å². The van der Waals surface area contributed by atoms with E-state index in [2.05, 4.69) is 0 Å². The number of rotatable bonds is 3. The van der Waals surface area contributed by atoms with E-state index in [0.717, 1.165) is 12.8 Å². The molecule has 5 heteroatoms. The summed E-state index contributed by atoms with van der Waals surface area (Å²) in [6, 6.07) is 0. The maximum absolute atomic E-state index is 10.6. The van der Waals surface area contributed by atoms with E-state index in [1.54, 1.807) is 0 Å². The molecule has 1 fully saturated rings. The van der Waals surface area contributed by atoms with E-state index in [1.165, 1.54) is 0 Å². The molecular formula is C7H14N2O3. The van der Waals surface area contributed by atoms with Crippen LogP contribution in [-0.2, 0) is 14.3 Å². The van der Waals surface area contributed by atoms with Crippen LogP contribution in [0.5, 0.6) is 0 Å². The van der Waals surface area contributed by atoms with E-state index < -0.39 is 5.97 Å². The Hall–Kier alpha value is -0.650. The van der Waals surface area contributed by atoms with Crippen LogP contribution in [0.2, 0.25) is 0 Å². The van der Waals surface area contributed by atoms with Crippen molar-refractivity contribution in [1.82, 2.24) is 0 Å². The second-order valence-corrected chi connectivity index (χ2v) is 2.76.